The number of benzene rings is 2. The molecule has 0 amide bonds. The lowest BCUT2D eigenvalue weighted by Gasteiger charge is -2.20. The van der Waals surface area contributed by atoms with Gasteiger partial charge in [-0.3, -0.25) is 0 Å². The minimum Gasteiger partial charge on any atom is -0.398 e. The number of nitrogens with two attached hydrogens (primary N) is 1. The number of hydrogen-bond acceptors (Lipinski definition) is 2. The van der Waals surface area contributed by atoms with Gasteiger partial charge in [0.15, 0.2) is 0 Å². The number of hydrogen-bond donors (Lipinski definition) is 1. The second-order valence-corrected chi connectivity index (χ2v) is 5.41. The summed E-state index contributed by atoms with van der Waals surface area (Å²) in [6, 6.07) is 9.07. The molecule has 0 aliphatic carbocycles. The SMILES string of the molecule is Nc1cccc2c1CN(c1ccc(C(F)(F)F)cc1Cl)C2. The number of rotatable bonds is 1. The molecule has 6 heteroatoms. The fourth-order valence-electron chi connectivity index (χ4n) is 2.56. The number of fused-ring (bicyclic) bond motifs is 1. The molecule has 0 saturated carbocycles. The minimum atomic E-state index is -4.39. The van der Waals surface area contributed by atoms with Crippen molar-refractivity contribution in [3.63, 3.8) is 0 Å². The van der Waals surface area contributed by atoms with Crippen LogP contribution >= 0.6 is 11.6 Å². The molecule has 2 aromatic rings. The van der Waals surface area contributed by atoms with Crippen molar-refractivity contribution in [1.82, 2.24) is 0 Å². The fourth-order valence-corrected chi connectivity index (χ4v) is 2.86. The second-order valence-electron chi connectivity index (χ2n) is 5.00. The summed E-state index contributed by atoms with van der Waals surface area (Å²) in [4.78, 5) is 1.92. The van der Waals surface area contributed by atoms with Crippen LogP contribution in [0.3, 0.4) is 0 Å². The van der Waals surface area contributed by atoms with Crippen molar-refractivity contribution < 1.29 is 13.2 Å². The topological polar surface area (TPSA) is 29.3 Å². The molecule has 0 fully saturated rings. The number of anilines is 2. The highest BCUT2D eigenvalue weighted by atomic mass is 35.5. The van der Waals surface area contributed by atoms with E-state index in [0.717, 1.165) is 23.3 Å². The molecule has 0 unspecified atom stereocenters. The Labute approximate surface area is 124 Å². The maximum atomic E-state index is 12.7. The van der Waals surface area contributed by atoms with Gasteiger partial charge in [-0.05, 0) is 35.4 Å². The second kappa shape index (κ2) is 4.84. The van der Waals surface area contributed by atoms with Crippen LogP contribution in [-0.2, 0) is 19.3 Å². The van der Waals surface area contributed by atoms with Crippen LogP contribution in [0.15, 0.2) is 36.4 Å². The molecule has 0 radical (unpaired) electrons. The lowest BCUT2D eigenvalue weighted by atomic mass is 10.1. The van der Waals surface area contributed by atoms with Gasteiger partial charge in [-0.25, -0.2) is 0 Å². The number of halogens is 4. The lowest BCUT2D eigenvalue weighted by molar-refractivity contribution is -0.137. The van der Waals surface area contributed by atoms with Gasteiger partial charge in [0, 0.05) is 18.8 Å². The number of nitrogens with zero attached hydrogens (tertiary/aromatic N) is 1. The van der Waals surface area contributed by atoms with Gasteiger partial charge in [-0.15, -0.1) is 0 Å². The highest BCUT2D eigenvalue weighted by Crippen LogP contribution is 2.38. The van der Waals surface area contributed by atoms with Crippen molar-refractivity contribution in [2.45, 2.75) is 19.3 Å². The Hall–Kier alpha value is -1.88. The van der Waals surface area contributed by atoms with Crippen molar-refractivity contribution in [2.75, 3.05) is 10.6 Å². The smallest absolute Gasteiger partial charge is 0.398 e. The van der Waals surface area contributed by atoms with E-state index < -0.39 is 11.7 Å². The molecule has 0 spiro atoms. The summed E-state index contributed by atoms with van der Waals surface area (Å²) in [6.07, 6.45) is -4.39. The maximum absolute atomic E-state index is 12.7. The first kappa shape index (κ1) is 14.1. The Morgan fingerprint density at radius 3 is 2.48 bits per heavy atom. The third kappa shape index (κ3) is 2.53. The van der Waals surface area contributed by atoms with Crippen molar-refractivity contribution >= 4 is 23.0 Å². The van der Waals surface area contributed by atoms with E-state index in [1.165, 1.54) is 6.07 Å². The van der Waals surface area contributed by atoms with Crippen LogP contribution in [0.4, 0.5) is 24.5 Å². The maximum Gasteiger partial charge on any atom is 0.416 e. The standard InChI is InChI=1S/C15H12ClF3N2/c16-12-6-10(15(17,18)19)4-5-14(12)21-7-9-2-1-3-13(20)11(9)8-21/h1-6H,7-8,20H2. The summed E-state index contributed by atoms with van der Waals surface area (Å²) in [5.74, 6) is 0. The minimum absolute atomic E-state index is 0.0937. The monoisotopic (exact) mass is 312 g/mol. The Balaban J connectivity index is 1.92. The van der Waals surface area contributed by atoms with E-state index >= 15 is 0 Å². The predicted octanol–water partition coefficient (Wildman–Crippen LogP) is 4.46. The van der Waals surface area contributed by atoms with Crippen molar-refractivity contribution in [1.29, 1.82) is 0 Å². The normalized spacial score (nSPS) is 14.4. The van der Waals surface area contributed by atoms with Crippen LogP contribution in [0, 0.1) is 0 Å². The molecule has 0 aromatic heterocycles. The van der Waals surface area contributed by atoms with Gasteiger partial charge < -0.3 is 10.6 Å². The molecule has 110 valence electrons. The predicted molar refractivity (Wildman–Crippen MR) is 77.2 cm³/mol. The average Bonchev–Trinajstić information content (AvgIpc) is 2.82. The highest BCUT2D eigenvalue weighted by molar-refractivity contribution is 6.33. The van der Waals surface area contributed by atoms with Crippen LogP contribution in [0.25, 0.3) is 0 Å². The van der Waals surface area contributed by atoms with Gasteiger partial charge in [0.05, 0.1) is 16.3 Å². The third-order valence-electron chi connectivity index (χ3n) is 3.64. The molecule has 2 aromatic carbocycles. The van der Waals surface area contributed by atoms with Crippen molar-refractivity contribution in [3.05, 3.63) is 58.1 Å². The molecule has 1 aliphatic rings. The van der Waals surface area contributed by atoms with E-state index in [1.807, 2.05) is 23.1 Å². The number of nitrogen functional groups attached to an aromatic ring is 1. The molecule has 0 atom stereocenters. The van der Waals surface area contributed by atoms with Crippen molar-refractivity contribution in [2.24, 2.45) is 0 Å². The molecule has 2 nitrogen and oxygen atoms in total. The van der Waals surface area contributed by atoms with Gasteiger partial charge in [0.25, 0.3) is 0 Å². The molecule has 21 heavy (non-hydrogen) atoms. The van der Waals surface area contributed by atoms with Crippen LogP contribution in [0.1, 0.15) is 16.7 Å². The summed E-state index contributed by atoms with van der Waals surface area (Å²) in [5.41, 5.74) is 8.54. The van der Waals surface area contributed by atoms with E-state index in [2.05, 4.69) is 0 Å². The molecule has 0 bridgehead atoms. The zero-order valence-corrected chi connectivity index (χ0v) is 11.7. The van der Waals surface area contributed by atoms with Crippen molar-refractivity contribution in [3.8, 4) is 0 Å². The Morgan fingerprint density at radius 1 is 1.10 bits per heavy atom. The molecule has 2 N–H and O–H groups in total. The summed E-state index contributed by atoms with van der Waals surface area (Å²) in [7, 11) is 0. The van der Waals surface area contributed by atoms with Gasteiger partial charge in [-0.1, -0.05) is 23.7 Å². The van der Waals surface area contributed by atoms with E-state index in [9.17, 15) is 13.2 Å². The first-order valence-electron chi connectivity index (χ1n) is 6.34. The van der Waals surface area contributed by atoms with Crippen LogP contribution in [0.5, 0.6) is 0 Å². The molecule has 1 aliphatic heterocycles. The molecular weight excluding hydrogens is 301 g/mol. The molecule has 0 saturated heterocycles. The Kier molecular flexibility index (Phi) is 3.24. The summed E-state index contributed by atoms with van der Waals surface area (Å²) in [6.45, 7) is 1.14. The summed E-state index contributed by atoms with van der Waals surface area (Å²) in [5, 5.41) is 0.0937. The first-order valence-corrected chi connectivity index (χ1v) is 6.72. The van der Waals surface area contributed by atoms with E-state index in [4.69, 9.17) is 17.3 Å². The Morgan fingerprint density at radius 2 is 1.86 bits per heavy atom. The van der Waals surface area contributed by atoms with Crippen LogP contribution in [-0.4, -0.2) is 0 Å². The average molecular weight is 313 g/mol. The van der Waals surface area contributed by atoms with Gasteiger partial charge in [-0.2, -0.15) is 13.2 Å². The third-order valence-corrected chi connectivity index (χ3v) is 3.94. The number of alkyl halides is 3. The summed E-state index contributed by atoms with van der Waals surface area (Å²) >= 11 is 6.03. The van der Waals surface area contributed by atoms with Gasteiger partial charge in [0.2, 0.25) is 0 Å². The van der Waals surface area contributed by atoms with Gasteiger partial charge >= 0.3 is 6.18 Å². The molecule has 3 rings (SSSR count). The highest BCUT2D eigenvalue weighted by Gasteiger charge is 2.31. The van der Waals surface area contributed by atoms with E-state index in [0.29, 0.717) is 24.5 Å². The zero-order valence-electron chi connectivity index (χ0n) is 10.9. The molecule has 1 heterocycles. The lowest BCUT2D eigenvalue weighted by Crippen LogP contribution is -2.16. The van der Waals surface area contributed by atoms with E-state index in [1.54, 1.807) is 0 Å². The van der Waals surface area contributed by atoms with Crippen LogP contribution in [0.2, 0.25) is 5.02 Å². The fraction of sp³-hybridized carbons (Fsp3) is 0.200. The Bertz CT molecular complexity index is 698. The zero-order chi connectivity index (χ0) is 15.2. The van der Waals surface area contributed by atoms with Crippen LogP contribution < -0.4 is 10.6 Å². The summed E-state index contributed by atoms with van der Waals surface area (Å²) < 4.78 is 38.0. The first-order chi connectivity index (χ1) is 9.86. The quantitative estimate of drug-likeness (QED) is 0.788. The van der Waals surface area contributed by atoms with E-state index in [-0.39, 0.29) is 5.02 Å². The largest absolute Gasteiger partial charge is 0.416 e. The van der Waals surface area contributed by atoms with Gasteiger partial charge in [0.1, 0.15) is 0 Å². The molecular formula is C15H12ClF3N2.